The minimum Gasteiger partial charge on any atom is -0.490 e. The molecule has 0 bridgehead atoms. The Morgan fingerprint density at radius 1 is 1.26 bits per heavy atom. The molecule has 2 atom stereocenters. The fourth-order valence-corrected chi connectivity index (χ4v) is 4.83. The van der Waals surface area contributed by atoms with Gasteiger partial charge in [0.15, 0.2) is 11.5 Å². The first kappa shape index (κ1) is 24.2. The standard InChI is InChI=1S/C25H32N4O4S/c1-4-31-20-11-10-18(14-21(20)32-5-2)17(3)26-25(30)19-8-6-12-29(15-19)16-23-27-24(28-33-23)22-9-7-13-34-22/h7,9-11,13-14,17,19H,4-6,8,12,15-16H2,1-3H3,(H,26,30). The first-order valence-electron chi connectivity index (χ1n) is 11.9. The number of carbonyl (C=O) groups is 1. The molecule has 1 saturated heterocycles. The molecule has 8 nitrogen and oxygen atoms in total. The van der Waals surface area contributed by atoms with Crippen molar-refractivity contribution in [2.75, 3.05) is 26.3 Å². The van der Waals surface area contributed by atoms with Gasteiger partial charge in [-0.25, -0.2) is 0 Å². The molecule has 3 heterocycles. The first-order valence-corrected chi connectivity index (χ1v) is 12.7. The Kier molecular flexibility index (Phi) is 8.18. The van der Waals surface area contributed by atoms with Crippen LogP contribution in [0, 0.1) is 5.92 Å². The number of benzene rings is 1. The second-order valence-corrected chi connectivity index (χ2v) is 9.31. The van der Waals surface area contributed by atoms with Gasteiger partial charge < -0.3 is 19.3 Å². The van der Waals surface area contributed by atoms with Gasteiger partial charge in [-0.2, -0.15) is 4.98 Å². The average molecular weight is 485 g/mol. The maximum absolute atomic E-state index is 13.1. The number of amides is 1. The molecule has 0 spiro atoms. The summed E-state index contributed by atoms with van der Waals surface area (Å²) in [5.41, 5.74) is 0.986. The number of thiophene rings is 1. The number of piperidine rings is 1. The van der Waals surface area contributed by atoms with E-state index in [1.165, 1.54) is 0 Å². The molecule has 4 rings (SSSR count). The van der Waals surface area contributed by atoms with E-state index in [2.05, 4.69) is 20.4 Å². The Bertz CT molecular complexity index is 1070. The Hall–Kier alpha value is -2.91. The normalized spacial score (nSPS) is 17.3. The number of hydrogen-bond donors (Lipinski definition) is 1. The zero-order valence-electron chi connectivity index (χ0n) is 20.0. The highest BCUT2D eigenvalue weighted by Gasteiger charge is 2.28. The van der Waals surface area contributed by atoms with Crippen molar-refractivity contribution >= 4 is 17.2 Å². The quantitative estimate of drug-likeness (QED) is 0.447. The third kappa shape index (κ3) is 5.95. The van der Waals surface area contributed by atoms with Gasteiger partial charge in [0.2, 0.25) is 17.6 Å². The minimum absolute atomic E-state index is 0.0637. The summed E-state index contributed by atoms with van der Waals surface area (Å²) < 4.78 is 16.8. The monoisotopic (exact) mass is 484 g/mol. The Labute approximate surface area is 204 Å². The largest absolute Gasteiger partial charge is 0.490 e. The van der Waals surface area contributed by atoms with Gasteiger partial charge in [0, 0.05) is 6.54 Å². The fourth-order valence-electron chi connectivity index (χ4n) is 4.18. The van der Waals surface area contributed by atoms with Crippen LogP contribution in [0.5, 0.6) is 11.5 Å². The molecule has 34 heavy (non-hydrogen) atoms. The smallest absolute Gasteiger partial charge is 0.241 e. The van der Waals surface area contributed by atoms with Crippen LogP contribution in [0.1, 0.15) is 51.1 Å². The van der Waals surface area contributed by atoms with Gasteiger partial charge in [0.1, 0.15) is 0 Å². The zero-order chi connectivity index (χ0) is 23.9. The van der Waals surface area contributed by atoms with Crippen LogP contribution in [0.25, 0.3) is 10.7 Å². The Balaban J connectivity index is 1.34. The second kappa shape index (κ2) is 11.5. The van der Waals surface area contributed by atoms with Crippen molar-refractivity contribution in [2.24, 2.45) is 5.92 Å². The number of carbonyl (C=O) groups excluding carboxylic acids is 1. The lowest BCUT2D eigenvalue weighted by Crippen LogP contribution is -2.43. The summed E-state index contributed by atoms with van der Waals surface area (Å²) in [6.45, 7) is 9.14. The maximum Gasteiger partial charge on any atom is 0.241 e. The van der Waals surface area contributed by atoms with Crippen molar-refractivity contribution in [1.29, 1.82) is 0 Å². The van der Waals surface area contributed by atoms with E-state index in [1.807, 2.05) is 56.5 Å². The molecule has 9 heteroatoms. The topological polar surface area (TPSA) is 89.7 Å². The molecule has 0 saturated carbocycles. The van der Waals surface area contributed by atoms with Gasteiger partial charge in [-0.1, -0.05) is 17.3 Å². The molecule has 2 unspecified atom stereocenters. The highest BCUT2D eigenvalue weighted by Crippen LogP contribution is 2.31. The van der Waals surface area contributed by atoms with E-state index < -0.39 is 0 Å². The number of nitrogens with one attached hydrogen (secondary N) is 1. The SMILES string of the molecule is CCOc1ccc(C(C)NC(=O)C2CCCN(Cc3nc(-c4cccs4)no3)C2)cc1OCC. The molecule has 0 radical (unpaired) electrons. The molecule has 2 aromatic heterocycles. The number of hydrogen-bond acceptors (Lipinski definition) is 8. The molecule has 1 aromatic carbocycles. The highest BCUT2D eigenvalue weighted by atomic mass is 32.1. The van der Waals surface area contributed by atoms with Crippen LogP contribution >= 0.6 is 11.3 Å². The van der Waals surface area contributed by atoms with E-state index >= 15 is 0 Å². The molecule has 1 amide bonds. The van der Waals surface area contributed by atoms with Crippen molar-refractivity contribution in [3.8, 4) is 22.2 Å². The highest BCUT2D eigenvalue weighted by molar-refractivity contribution is 7.13. The molecule has 1 aliphatic rings. The van der Waals surface area contributed by atoms with Gasteiger partial charge >= 0.3 is 0 Å². The minimum atomic E-state index is -0.137. The van der Waals surface area contributed by atoms with Crippen LogP contribution in [0.15, 0.2) is 40.2 Å². The van der Waals surface area contributed by atoms with E-state index in [0.717, 1.165) is 35.6 Å². The number of ether oxygens (including phenoxy) is 2. The first-order chi connectivity index (χ1) is 16.6. The lowest BCUT2D eigenvalue weighted by Gasteiger charge is -2.31. The summed E-state index contributed by atoms with van der Waals surface area (Å²) in [5.74, 6) is 2.60. The van der Waals surface area contributed by atoms with E-state index in [-0.39, 0.29) is 17.9 Å². The lowest BCUT2D eigenvalue weighted by molar-refractivity contribution is -0.127. The Morgan fingerprint density at radius 3 is 2.85 bits per heavy atom. The Morgan fingerprint density at radius 2 is 2.09 bits per heavy atom. The number of likely N-dealkylation sites (tertiary alicyclic amines) is 1. The van der Waals surface area contributed by atoms with E-state index in [1.54, 1.807) is 11.3 Å². The summed E-state index contributed by atoms with van der Waals surface area (Å²) in [4.78, 5) is 20.8. The van der Waals surface area contributed by atoms with Crippen molar-refractivity contribution in [1.82, 2.24) is 20.4 Å². The molecule has 1 N–H and O–H groups in total. The average Bonchev–Trinajstić information content (AvgIpc) is 3.53. The van der Waals surface area contributed by atoms with Gasteiger partial charge in [-0.3, -0.25) is 9.69 Å². The number of nitrogens with zero attached hydrogens (tertiary/aromatic N) is 3. The summed E-state index contributed by atoms with van der Waals surface area (Å²) in [6.07, 6.45) is 1.82. The van der Waals surface area contributed by atoms with Gasteiger partial charge in [-0.15, -0.1) is 11.3 Å². The lowest BCUT2D eigenvalue weighted by atomic mass is 9.96. The van der Waals surface area contributed by atoms with E-state index in [9.17, 15) is 4.79 Å². The van der Waals surface area contributed by atoms with E-state index in [0.29, 0.717) is 43.8 Å². The third-order valence-electron chi connectivity index (χ3n) is 5.87. The molecule has 182 valence electrons. The molecule has 1 aliphatic heterocycles. The van der Waals surface area contributed by atoms with Crippen LogP contribution in [0.2, 0.25) is 0 Å². The summed E-state index contributed by atoms with van der Waals surface area (Å²) in [5, 5.41) is 9.26. The van der Waals surface area contributed by atoms with Gasteiger partial charge in [0.25, 0.3) is 0 Å². The molecular weight excluding hydrogens is 452 g/mol. The van der Waals surface area contributed by atoms with Crippen LogP contribution in [0.3, 0.4) is 0 Å². The van der Waals surface area contributed by atoms with Crippen LogP contribution in [-0.2, 0) is 11.3 Å². The van der Waals surface area contributed by atoms with Gasteiger partial charge in [-0.05, 0) is 69.3 Å². The summed E-state index contributed by atoms with van der Waals surface area (Å²) in [7, 11) is 0. The van der Waals surface area contributed by atoms with Crippen molar-refractivity contribution in [3.63, 3.8) is 0 Å². The summed E-state index contributed by atoms with van der Waals surface area (Å²) >= 11 is 1.58. The van der Waals surface area contributed by atoms with E-state index in [4.69, 9.17) is 14.0 Å². The number of aromatic nitrogens is 2. The fraction of sp³-hybridized carbons (Fsp3) is 0.480. The molecule has 1 fully saturated rings. The maximum atomic E-state index is 13.1. The van der Waals surface area contributed by atoms with Gasteiger partial charge in [0.05, 0.1) is 36.6 Å². The van der Waals surface area contributed by atoms with Crippen molar-refractivity contribution in [3.05, 3.63) is 47.2 Å². The van der Waals surface area contributed by atoms with Crippen LogP contribution in [-0.4, -0.2) is 47.3 Å². The number of rotatable bonds is 10. The zero-order valence-corrected chi connectivity index (χ0v) is 20.8. The predicted octanol–water partition coefficient (Wildman–Crippen LogP) is 4.68. The molecule has 3 aromatic rings. The van der Waals surface area contributed by atoms with Crippen LogP contribution in [0.4, 0.5) is 0 Å². The van der Waals surface area contributed by atoms with Crippen LogP contribution < -0.4 is 14.8 Å². The van der Waals surface area contributed by atoms with Crippen molar-refractivity contribution in [2.45, 2.75) is 46.2 Å². The van der Waals surface area contributed by atoms with Crippen molar-refractivity contribution < 1.29 is 18.8 Å². The summed E-state index contributed by atoms with van der Waals surface area (Å²) in [6, 6.07) is 9.64. The molecule has 0 aliphatic carbocycles. The molecular formula is C25H32N4O4S. The second-order valence-electron chi connectivity index (χ2n) is 8.37. The third-order valence-corrected chi connectivity index (χ3v) is 6.74. The predicted molar refractivity (Wildman–Crippen MR) is 131 cm³/mol.